The highest BCUT2D eigenvalue weighted by atomic mass is 19.4. The van der Waals surface area contributed by atoms with Gasteiger partial charge in [0.05, 0.1) is 0 Å². The molecule has 0 fully saturated rings. The van der Waals surface area contributed by atoms with E-state index in [1.807, 2.05) is 24.9 Å². The lowest BCUT2D eigenvalue weighted by Crippen LogP contribution is -2.50. The van der Waals surface area contributed by atoms with E-state index in [0.717, 1.165) is 12.2 Å². The maximum absolute atomic E-state index is 14.0. The van der Waals surface area contributed by atoms with Gasteiger partial charge in [0, 0.05) is 31.4 Å². The molecule has 3 N–H and O–H groups in total. The highest BCUT2D eigenvalue weighted by Crippen LogP contribution is 2.44. The summed E-state index contributed by atoms with van der Waals surface area (Å²) >= 11 is 0. The Morgan fingerprint density at radius 3 is 2.40 bits per heavy atom. The average Bonchev–Trinajstić information content (AvgIpc) is 2.74. The normalized spacial score (nSPS) is 17.0. The lowest BCUT2D eigenvalue weighted by molar-refractivity contribution is -0.266. The van der Waals surface area contributed by atoms with Crippen molar-refractivity contribution in [1.82, 2.24) is 4.90 Å². The molecule has 0 heterocycles. The zero-order valence-corrected chi connectivity index (χ0v) is 21.7. The molecule has 0 saturated heterocycles. The fourth-order valence-electron chi connectivity index (χ4n) is 3.83. The van der Waals surface area contributed by atoms with E-state index in [9.17, 15) is 22.7 Å². The Morgan fingerprint density at radius 1 is 1.26 bits per heavy atom. The number of nitrogens with zero attached hydrogens (tertiary/aromatic N) is 2. The lowest BCUT2D eigenvalue weighted by Gasteiger charge is -2.38. The molecule has 2 unspecified atom stereocenters. The minimum Gasteiger partial charge on any atom is -0.402 e. The fourth-order valence-corrected chi connectivity index (χ4v) is 3.83. The monoisotopic (exact) mass is 497 g/mol. The molecular formula is C27H39F4N3O. The number of halogens is 4. The standard InChI is InChI=1S/C27H39F4N3O/c1-8-20(4)34(7)24(9-2)33-14-13-19(3)15-23(32)17-26(35,27(29,30)31)18-25(5,6)21-11-10-12-22(28)16-21/h9-16,20,35H,8,17-18,32H2,1-7H3/b19-13+,23-15-,24-9+,33-14-. The van der Waals surface area contributed by atoms with Gasteiger partial charge < -0.3 is 15.7 Å². The number of benzene rings is 1. The van der Waals surface area contributed by atoms with Gasteiger partial charge in [-0.15, -0.1) is 0 Å². The molecule has 0 amide bonds. The van der Waals surface area contributed by atoms with Crippen LogP contribution in [0.25, 0.3) is 0 Å². The van der Waals surface area contributed by atoms with E-state index >= 15 is 0 Å². The molecule has 196 valence electrons. The summed E-state index contributed by atoms with van der Waals surface area (Å²) in [6, 6.07) is 5.68. The van der Waals surface area contributed by atoms with Crippen LogP contribution in [0, 0.1) is 5.82 Å². The van der Waals surface area contributed by atoms with Crippen molar-refractivity contribution < 1.29 is 22.7 Å². The van der Waals surface area contributed by atoms with Gasteiger partial charge in [0.1, 0.15) is 11.6 Å². The van der Waals surface area contributed by atoms with Crippen molar-refractivity contribution in [2.45, 2.75) is 84.0 Å². The molecule has 0 bridgehead atoms. The van der Waals surface area contributed by atoms with Crippen molar-refractivity contribution in [3.63, 3.8) is 0 Å². The quantitative estimate of drug-likeness (QED) is 0.205. The Balaban J connectivity index is 3.10. The minimum atomic E-state index is -4.93. The molecule has 4 nitrogen and oxygen atoms in total. The third-order valence-corrected chi connectivity index (χ3v) is 6.19. The second-order valence-electron chi connectivity index (χ2n) is 9.70. The predicted molar refractivity (Wildman–Crippen MR) is 135 cm³/mol. The molecule has 1 rings (SSSR count). The number of rotatable bonds is 11. The largest absolute Gasteiger partial charge is 0.417 e. The van der Waals surface area contributed by atoms with Crippen LogP contribution in [-0.4, -0.2) is 41.1 Å². The number of alkyl halides is 3. The van der Waals surface area contributed by atoms with Gasteiger partial charge in [0.25, 0.3) is 0 Å². The molecule has 35 heavy (non-hydrogen) atoms. The van der Waals surface area contributed by atoms with Crippen molar-refractivity contribution in [3.05, 3.63) is 71.0 Å². The van der Waals surface area contributed by atoms with E-state index in [0.29, 0.717) is 17.2 Å². The summed E-state index contributed by atoms with van der Waals surface area (Å²) in [5.41, 5.74) is 2.52. The number of hydrogen-bond acceptors (Lipinski definition) is 4. The summed E-state index contributed by atoms with van der Waals surface area (Å²) in [4.78, 5) is 6.45. The van der Waals surface area contributed by atoms with Crippen LogP contribution < -0.4 is 5.73 Å². The number of aliphatic hydroxyl groups is 1. The zero-order chi connectivity index (χ0) is 27.0. The summed E-state index contributed by atoms with van der Waals surface area (Å²) in [6.45, 7) is 10.8. The van der Waals surface area contributed by atoms with Crippen LogP contribution in [0.1, 0.15) is 66.4 Å². The molecule has 1 aromatic carbocycles. The minimum absolute atomic E-state index is 0.120. The van der Waals surface area contributed by atoms with E-state index in [-0.39, 0.29) is 5.70 Å². The molecule has 0 aliphatic heterocycles. The van der Waals surface area contributed by atoms with E-state index in [1.54, 1.807) is 25.3 Å². The van der Waals surface area contributed by atoms with Crippen LogP contribution in [0.3, 0.4) is 0 Å². The Kier molecular flexibility index (Phi) is 10.8. The molecule has 0 radical (unpaired) electrons. The van der Waals surface area contributed by atoms with Crippen LogP contribution in [0.5, 0.6) is 0 Å². The van der Waals surface area contributed by atoms with Gasteiger partial charge in [-0.25, -0.2) is 9.38 Å². The van der Waals surface area contributed by atoms with E-state index in [1.165, 1.54) is 38.1 Å². The summed E-state index contributed by atoms with van der Waals surface area (Å²) in [5.74, 6) is 0.218. The predicted octanol–water partition coefficient (Wildman–Crippen LogP) is 6.63. The molecular weight excluding hydrogens is 458 g/mol. The smallest absolute Gasteiger partial charge is 0.402 e. The average molecular weight is 498 g/mol. The van der Waals surface area contributed by atoms with Gasteiger partial charge in [-0.05, 0) is 80.5 Å². The Labute approximate surface area is 206 Å². The van der Waals surface area contributed by atoms with Crippen molar-refractivity contribution in [3.8, 4) is 0 Å². The van der Waals surface area contributed by atoms with Gasteiger partial charge in [0.2, 0.25) is 0 Å². The maximum Gasteiger partial charge on any atom is 0.417 e. The number of allylic oxidation sites excluding steroid dienone is 4. The fraction of sp³-hybridized carbons (Fsp3) is 0.519. The summed E-state index contributed by atoms with van der Waals surface area (Å²) < 4.78 is 55.6. The van der Waals surface area contributed by atoms with Crippen LogP contribution in [0.4, 0.5) is 17.6 Å². The molecule has 0 aliphatic rings. The van der Waals surface area contributed by atoms with Crippen molar-refractivity contribution >= 4 is 6.21 Å². The SMILES string of the molecule is C\C=C(/N=C\C=C(C)\C=C(/N)CC(O)(CC(C)(C)c1cccc(F)c1)C(F)(F)F)N(C)C(C)CC. The van der Waals surface area contributed by atoms with Crippen molar-refractivity contribution in [2.75, 3.05) is 7.05 Å². The number of nitrogens with two attached hydrogens (primary N) is 1. The molecule has 1 aromatic rings. The van der Waals surface area contributed by atoms with Gasteiger partial charge in [-0.3, -0.25) is 0 Å². The van der Waals surface area contributed by atoms with Gasteiger partial charge in [-0.1, -0.05) is 32.9 Å². The first-order valence-electron chi connectivity index (χ1n) is 11.7. The summed E-state index contributed by atoms with van der Waals surface area (Å²) in [6.07, 6.45) is 1.00. The highest BCUT2D eigenvalue weighted by Gasteiger charge is 2.55. The van der Waals surface area contributed by atoms with E-state index in [4.69, 9.17) is 5.73 Å². The van der Waals surface area contributed by atoms with Crippen LogP contribution >= 0.6 is 0 Å². The number of hydrogen-bond donors (Lipinski definition) is 2. The van der Waals surface area contributed by atoms with E-state index < -0.39 is 35.9 Å². The molecule has 0 aromatic heterocycles. The molecule has 0 saturated carbocycles. The maximum atomic E-state index is 14.0. The molecule has 0 aliphatic carbocycles. The van der Waals surface area contributed by atoms with Gasteiger partial charge in [0.15, 0.2) is 5.60 Å². The molecule has 8 heteroatoms. The topological polar surface area (TPSA) is 61.9 Å². The Hall–Kier alpha value is -2.61. The molecule has 0 spiro atoms. The summed E-state index contributed by atoms with van der Waals surface area (Å²) in [5, 5.41) is 10.7. The third kappa shape index (κ3) is 8.84. The first kappa shape index (κ1) is 30.4. The lowest BCUT2D eigenvalue weighted by atomic mass is 9.73. The van der Waals surface area contributed by atoms with Gasteiger partial charge >= 0.3 is 6.18 Å². The highest BCUT2D eigenvalue weighted by molar-refractivity contribution is 5.73. The first-order valence-corrected chi connectivity index (χ1v) is 11.7. The molecule has 2 atom stereocenters. The van der Waals surface area contributed by atoms with Gasteiger partial charge in [-0.2, -0.15) is 13.2 Å². The van der Waals surface area contributed by atoms with Crippen molar-refractivity contribution in [1.29, 1.82) is 0 Å². The summed E-state index contributed by atoms with van der Waals surface area (Å²) in [7, 11) is 1.94. The first-order chi connectivity index (χ1) is 16.1. The van der Waals surface area contributed by atoms with Crippen molar-refractivity contribution in [2.24, 2.45) is 10.7 Å². The second kappa shape index (κ2) is 12.4. The van der Waals surface area contributed by atoms with Crippen LogP contribution in [-0.2, 0) is 5.41 Å². The zero-order valence-electron chi connectivity index (χ0n) is 21.7. The number of aliphatic imine (C=N–C) groups is 1. The van der Waals surface area contributed by atoms with Crippen LogP contribution in [0.15, 0.2) is 64.6 Å². The Bertz CT molecular complexity index is 963. The van der Waals surface area contributed by atoms with Crippen LogP contribution in [0.2, 0.25) is 0 Å². The second-order valence-corrected chi connectivity index (χ2v) is 9.70. The van der Waals surface area contributed by atoms with E-state index in [2.05, 4.69) is 18.8 Å². The Morgan fingerprint density at radius 2 is 1.89 bits per heavy atom. The third-order valence-electron chi connectivity index (χ3n) is 6.19.